The van der Waals surface area contributed by atoms with Gasteiger partial charge in [0.1, 0.15) is 0 Å². The van der Waals surface area contributed by atoms with Crippen molar-refractivity contribution in [2.75, 3.05) is 0 Å². The summed E-state index contributed by atoms with van der Waals surface area (Å²) in [5, 5.41) is 2.21. The SMILES string of the molecule is Cc1cccc(-c2ccc3c(c2)c2cc(-c4cccc(C)c4)ccc2n3-c2c(-c3nc(-c4ccccc4)nc(-c4ccccc4)n3)cccc2-c2nc(-c3ccccc3)nc(-c3ccccc3)n2)c1. The maximum Gasteiger partial charge on any atom is 0.166 e. The van der Waals surface area contributed by atoms with Crippen LogP contribution in [0.3, 0.4) is 0 Å². The second kappa shape index (κ2) is 17.5. The molecule has 326 valence electrons. The maximum atomic E-state index is 5.33. The lowest BCUT2D eigenvalue weighted by Crippen LogP contribution is -2.07. The van der Waals surface area contributed by atoms with E-state index >= 15 is 0 Å². The average molecular weight is 886 g/mol. The topological polar surface area (TPSA) is 82.3 Å². The van der Waals surface area contributed by atoms with Gasteiger partial charge in [0.15, 0.2) is 34.9 Å². The molecule has 0 aliphatic heterocycles. The summed E-state index contributed by atoms with van der Waals surface area (Å²) in [6.45, 7) is 4.28. The second-order valence-electron chi connectivity index (χ2n) is 17.3. The van der Waals surface area contributed by atoms with Crippen molar-refractivity contribution in [1.29, 1.82) is 0 Å². The molecule has 9 aromatic carbocycles. The van der Waals surface area contributed by atoms with Gasteiger partial charge in [-0.05, 0) is 72.5 Å². The molecule has 12 rings (SSSR count). The molecule has 0 saturated carbocycles. The average Bonchev–Trinajstić information content (AvgIpc) is 3.74. The smallest absolute Gasteiger partial charge is 0.166 e. The Bertz CT molecular complexity index is 3490. The zero-order chi connectivity index (χ0) is 46.3. The van der Waals surface area contributed by atoms with Crippen LogP contribution in [-0.2, 0) is 0 Å². The van der Waals surface area contributed by atoms with Gasteiger partial charge in [-0.2, -0.15) is 0 Å². The number of nitrogens with zero attached hydrogens (tertiary/aromatic N) is 7. The molecular formula is C62H43N7. The molecule has 3 heterocycles. The highest BCUT2D eigenvalue weighted by atomic mass is 15.1. The summed E-state index contributed by atoms with van der Waals surface area (Å²) in [6.07, 6.45) is 0. The Labute approximate surface area is 400 Å². The molecule has 12 aromatic rings. The van der Waals surface area contributed by atoms with Crippen LogP contribution in [0.25, 0.3) is 118 Å². The number of para-hydroxylation sites is 1. The number of benzene rings is 9. The first-order chi connectivity index (χ1) is 34.0. The van der Waals surface area contributed by atoms with E-state index < -0.39 is 0 Å². The highest BCUT2D eigenvalue weighted by molar-refractivity contribution is 6.12. The summed E-state index contributed by atoms with van der Waals surface area (Å²) in [7, 11) is 0. The van der Waals surface area contributed by atoms with Gasteiger partial charge in [-0.25, -0.2) is 29.9 Å². The number of aromatic nitrogens is 7. The van der Waals surface area contributed by atoms with Gasteiger partial charge in [0, 0.05) is 44.2 Å². The van der Waals surface area contributed by atoms with E-state index in [-0.39, 0.29) is 0 Å². The Morgan fingerprint density at radius 3 is 0.913 bits per heavy atom. The standard InChI is InChI=1S/C62H43N7/c1-40-18-15-28-46(36-40)48-32-34-54-52(38-48)53-39-49(47-29-16-19-41(2)37-47)33-35-55(53)69(54)56-50(61-65-57(42-20-7-3-8-21-42)63-58(66-61)43-22-9-4-10-23-43)30-17-31-51(56)62-67-59(44-24-11-5-12-25-44)64-60(68-62)45-26-13-6-14-27-45/h3-39H,1-2H3. The van der Waals surface area contributed by atoms with Crippen LogP contribution in [0.4, 0.5) is 0 Å². The lowest BCUT2D eigenvalue weighted by atomic mass is 9.99. The fourth-order valence-electron chi connectivity index (χ4n) is 9.28. The molecule has 7 heteroatoms. The highest BCUT2D eigenvalue weighted by Gasteiger charge is 2.25. The number of hydrogen-bond acceptors (Lipinski definition) is 6. The predicted molar refractivity (Wildman–Crippen MR) is 281 cm³/mol. The van der Waals surface area contributed by atoms with Gasteiger partial charge in [0.05, 0.1) is 16.7 Å². The molecule has 0 atom stereocenters. The summed E-state index contributed by atoms with van der Waals surface area (Å²) >= 11 is 0. The van der Waals surface area contributed by atoms with Crippen LogP contribution in [0.1, 0.15) is 11.1 Å². The van der Waals surface area contributed by atoms with Crippen LogP contribution >= 0.6 is 0 Å². The summed E-state index contributed by atoms with van der Waals surface area (Å²) in [6, 6.07) is 77.7. The molecule has 0 bridgehead atoms. The van der Waals surface area contributed by atoms with E-state index in [1.54, 1.807) is 0 Å². The van der Waals surface area contributed by atoms with E-state index in [1.165, 1.54) is 11.1 Å². The lowest BCUT2D eigenvalue weighted by Gasteiger charge is -2.19. The molecule has 0 amide bonds. The Kier molecular flexibility index (Phi) is 10.5. The van der Waals surface area contributed by atoms with Gasteiger partial charge >= 0.3 is 0 Å². The van der Waals surface area contributed by atoms with Gasteiger partial charge in [-0.1, -0.05) is 199 Å². The molecule has 0 radical (unpaired) electrons. The molecular weight excluding hydrogens is 843 g/mol. The van der Waals surface area contributed by atoms with Crippen molar-refractivity contribution in [2.45, 2.75) is 13.8 Å². The van der Waals surface area contributed by atoms with Crippen molar-refractivity contribution in [3.63, 3.8) is 0 Å². The molecule has 69 heavy (non-hydrogen) atoms. The Hall–Kier alpha value is -9.20. The van der Waals surface area contributed by atoms with Crippen molar-refractivity contribution in [3.8, 4) is 96.3 Å². The monoisotopic (exact) mass is 885 g/mol. The van der Waals surface area contributed by atoms with Crippen molar-refractivity contribution in [3.05, 3.63) is 236 Å². The summed E-state index contributed by atoms with van der Waals surface area (Å²) in [4.78, 5) is 31.5. The van der Waals surface area contributed by atoms with Crippen LogP contribution < -0.4 is 0 Å². The first-order valence-corrected chi connectivity index (χ1v) is 23.1. The molecule has 0 spiro atoms. The number of hydrogen-bond donors (Lipinski definition) is 0. The number of fused-ring (bicyclic) bond motifs is 3. The van der Waals surface area contributed by atoms with Crippen LogP contribution in [0, 0.1) is 13.8 Å². The van der Waals surface area contributed by atoms with E-state index in [9.17, 15) is 0 Å². The van der Waals surface area contributed by atoms with Crippen LogP contribution in [0.2, 0.25) is 0 Å². The molecule has 0 unspecified atom stereocenters. The first-order valence-electron chi connectivity index (χ1n) is 23.1. The number of rotatable bonds is 9. The molecule has 0 N–H and O–H groups in total. The third kappa shape index (κ3) is 7.92. The van der Waals surface area contributed by atoms with Crippen LogP contribution in [0.5, 0.6) is 0 Å². The molecule has 0 fully saturated rings. The van der Waals surface area contributed by atoms with Crippen LogP contribution in [-0.4, -0.2) is 34.5 Å². The van der Waals surface area contributed by atoms with Gasteiger partial charge in [0.25, 0.3) is 0 Å². The largest absolute Gasteiger partial charge is 0.308 e. The predicted octanol–water partition coefficient (Wildman–Crippen LogP) is 15.1. The molecule has 7 nitrogen and oxygen atoms in total. The van der Waals surface area contributed by atoms with Crippen molar-refractivity contribution in [1.82, 2.24) is 34.5 Å². The van der Waals surface area contributed by atoms with E-state index in [0.29, 0.717) is 34.9 Å². The highest BCUT2D eigenvalue weighted by Crippen LogP contribution is 2.43. The Morgan fingerprint density at radius 2 is 0.565 bits per heavy atom. The van der Waals surface area contributed by atoms with Gasteiger partial charge in [-0.3, -0.25) is 0 Å². The van der Waals surface area contributed by atoms with Crippen molar-refractivity contribution < 1.29 is 0 Å². The number of aryl methyl sites for hydroxylation is 2. The molecule has 0 aliphatic rings. The third-order valence-electron chi connectivity index (χ3n) is 12.6. The zero-order valence-electron chi connectivity index (χ0n) is 38.0. The normalized spacial score (nSPS) is 11.3. The van der Waals surface area contributed by atoms with Gasteiger partial charge in [-0.15, -0.1) is 0 Å². The first kappa shape index (κ1) is 41.2. The summed E-state index contributed by atoms with van der Waals surface area (Å²) < 4.78 is 2.36. The molecule has 0 aliphatic carbocycles. The minimum absolute atomic E-state index is 0.517. The molecule has 3 aromatic heterocycles. The van der Waals surface area contributed by atoms with Crippen molar-refractivity contribution >= 4 is 21.8 Å². The molecule has 0 saturated heterocycles. The van der Waals surface area contributed by atoms with E-state index in [0.717, 1.165) is 83.1 Å². The summed E-state index contributed by atoms with van der Waals surface area (Å²) in [5.41, 5.74) is 15.0. The second-order valence-corrected chi connectivity index (χ2v) is 17.3. The van der Waals surface area contributed by atoms with Crippen molar-refractivity contribution in [2.24, 2.45) is 0 Å². The Balaban J connectivity index is 1.20. The fourth-order valence-corrected chi connectivity index (χ4v) is 9.28. The lowest BCUT2D eigenvalue weighted by molar-refractivity contribution is 1.05. The quantitative estimate of drug-likeness (QED) is 0.144. The summed E-state index contributed by atoms with van der Waals surface area (Å²) in [5.74, 6) is 3.32. The van der Waals surface area contributed by atoms with E-state index in [4.69, 9.17) is 29.9 Å². The Morgan fingerprint density at radius 1 is 0.261 bits per heavy atom. The van der Waals surface area contributed by atoms with Gasteiger partial charge in [0.2, 0.25) is 0 Å². The third-order valence-corrected chi connectivity index (χ3v) is 12.6. The van der Waals surface area contributed by atoms with Crippen LogP contribution in [0.15, 0.2) is 224 Å². The minimum atomic E-state index is 0.517. The maximum absolute atomic E-state index is 5.33. The minimum Gasteiger partial charge on any atom is -0.308 e. The van der Waals surface area contributed by atoms with E-state index in [2.05, 4.69) is 122 Å². The fraction of sp³-hybridized carbons (Fsp3) is 0.0323. The van der Waals surface area contributed by atoms with E-state index in [1.807, 2.05) is 121 Å². The van der Waals surface area contributed by atoms with Gasteiger partial charge < -0.3 is 4.57 Å². The zero-order valence-corrected chi connectivity index (χ0v) is 38.0.